The summed E-state index contributed by atoms with van der Waals surface area (Å²) in [6.07, 6.45) is 1.55. The fourth-order valence-electron chi connectivity index (χ4n) is 0.874. The molecular weight excluding hydrogens is 178 g/mol. The molecule has 0 aliphatic heterocycles. The number of unbranched alkanes of at least 4 members (excludes halogenated alkanes) is 1. The zero-order valence-electron chi connectivity index (χ0n) is 7.51. The van der Waals surface area contributed by atoms with Crippen LogP contribution in [0.2, 0.25) is 0 Å². The minimum Gasteiger partial charge on any atom is -0.358 e. The summed E-state index contributed by atoms with van der Waals surface area (Å²) in [6.45, 7) is 1.87. The van der Waals surface area contributed by atoms with Gasteiger partial charge in [-0.25, -0.2) is 0 Å². The highest BCUT2D eigenvalue weighted by Crippen LogP contribution is 2.20. The molecule has 0 amide bonds. The van der Waals surface area contributed by atoms with Gasteiger partial charge in [-0.3, -0.25) is 0 Å². The van der Waals surface area contributed by atoms with Crippen molar-refractivity contribution >= 4 is 0 Å². The van der Waals surface area contributed by atoms with Gasteiger partial charge in [-0.2, -0.15) is 0 Å². The standard InChI is InChI=1S/C7H17NO5/c1-2-3-4-5(8)6(9,10)7(11,12)13/h5,9-13H,2-4,8H2,1H3. The summed E-state index contributed by atoms with van der Waals surface area (Å²) in [5.74, 6) is -6.71. The van der Waals surface area contributed by atoms with E-state index >= 15 is 0 Å². The van der Waals surface area contributed by atoms with Crippen LogP contribution in [-0.2, 0) is 0 Å². The normalized spacial score (nSPS) is 15.9. The minimum atomic E-state index is -3.60. The number of hydrogen-bond acceptors (Lipinski definition) is 6. The van der Waals surface area contributed by atoms with E-state index in [9.17, 15) is 0 Å². The second kappa shape index (κ2) is 4.32. The molecule has 0 aliphatic rings. The van der Waals surface area contributed by atoms with Crippen LogP contribution in [0, 0.1) is 0 Å². The van der Waals surface area contributed by atoms with Gasteiger partial charge in [0.1, 0.15) is 0 Å². The van der Waals surface area contributed by atoms with Crippen LogP contribution < -0.4 is 5.73 Å². The molecule has 0 fully saturated rings. The molecule has 0 bridgehead atoms. The highest BCUT2D eigenvalue weighted by atomic mass is 16.7. The van der Waals surface area contributed by atoms with Crippen LogP contribution in [0.5, 0.6) is 0 Å². The minimum absolute atomic E-state index is 0.174. The van der Waals surface area contributed by atoms with Gasteiger partial charge in [0.25, 0.3) is 5.79 Å². The predicted molar refractivity (Wildman–Crippen MR) is 44.1 cm³/mol. The maximum atomic E-state index is 9.03. The first-order valence-corrected chi connectivity index (χ1v) is 4.11. The Labute approximate surface area is 76.2 Å². The summed E-state index contributed by atoms with van der Waals surface area (Å²) in [6, 6.07) is -1.31. The summed E-state index contributed by atoms with van der Waals surface area (Å²) >= 11 is 0. The zero-order chi connectivity index (χ0) is 10.7. The molecule has 13 heavy (non-hydrogen) atoms. The Morgan fingerprint density at radius 1 is 1.15 bits per heavy atom. The van der Waals surface area contributed by atoms with E-state index in [4.69, 9.17) is 31.3 Å². The smallest absolute Gasteiger partial charge is 0.334 e. The molecule has 0 saturated carbocycles. The zero-order valence-corrected chi connectivity index (χ0v) is 7.51. The lowest BCUT2D eigenvalue weighted by Gasteiger charge is -2.34. The van der Waals surface area contributed by atoms with Gasteiger partial charge in [-0.15, -0.1) is 0 Å². The molecule has 1 unspecified atom stereocenters. The fraction of sp³-hybridized carbons (Fsp3) is 1.00. The van der Waals surface area contributed by atoms with E-state index < -0.39 is 17.8 Å². The topological polar surface area (TPSA) is 127 Å². The largest absolute Gasteiger partial charge is 0.358 e. The van der Waals surface area contributed by atoms with Crippen LogP contribution in [0.15, 0.2) is 0 Å². The molecule has 0 saturated heterocycles. The van der Waals surface area contributed by atoms with Gasteiger partial charge >= 0.3 is 5.97 Å². The highest BCUT2D eigenvalue weighted by molar-refractivity contribution is 4.84. The van der Waals surface area contributed by atoms with Gasteiger partial charge in [-0.05, 0) is 6.42 Å². The molecule has 0 radical (unpaired) electrons. The molecule has 0 aromatic heterocycles. The van der Waals surface area contributed by atoms with Crippen molar-refractivity contribution in [1.82, 2.24) is 0 Å². The van der Waals surface area contributed by atoms with Crippen molar-refractivity contribution in [2.24, 2.45) is 5.73 Å². The van der Waals surface area contributed by atoms with Gasteiger partial charge in [-0.1, -0.05) is 19.8 Å². The van der Waals surface area contributed by atoms with E-state index in [2.05, 4.69) is 0 Å². The number of nitrogens with two attached hydrogens (primary N) is 1. The van der Waals surface area contributed by atoms with Gasteiger partial charge in [0.2, 0.25) is 0 Å². The maximum Gasteiger partial charge on any atom is 0.334 e. The third kappa shape index (κ3) is 3.18. The molecule has 0 aromatic rings. The Hall–Kier alpha value is -0.240. The van der Waals surface area contributed by atoms with Gasteiger partial charge in [0.05, 0.1) is 6.04 Å². The number of aliphatic hydroxyl groups is 5. The Balaban J connectivity index is 4.27. The van der Waals surface area contributed by atoms with E-state index in [1.807, 2.05) is 6.92 Å². The molecular formula is C7H17NO5. The molecule has 0 aliphatic carbocycles. The molecule has 0 rings (SSSR count). The molecule has 80 valence electrons. The van der Waals surface area contributed by atoms with Gasteiger partial charge in [0, 0.05) is 0 Å². The average molecular weight is 195 g/mol. The Morgan fingerprint density at radius 2 is 1.62 bits per heavy atom. The van der Waals surface area contributed by atoms with Crippen molar-refractivity contribution in [3.05, 3.63) is 0 Å². The molecule has 1 atom stereocenters. The maximum absolute atomic E-state index is 9.03. The fourth-order valence-corrected chi connectivity index (χ4v) is 0.874. The first-order valence-electron chi connectivity index (χ1n) is 4.11. The van der Waals surface area contributed by atoms with Crippen molar-refractivity contribution in [1.29, 1.82) is 0 Å². The molecule has 6 heteroatoms. The molecule has 0 heterocycles. The van der Waals surface area contributed by atoms with Crippen LogP contribution >= 0.6 is 0 Å². The molecule has 0 aromatic carbocycles. The summed E-state index contributed by atoms with van der Waals surface area (Å²) < 4.78 is 0. The lowest BCUT2D eigenvalue weighted by Crippen LogP contribution is -2.64. The lowest BCUT2D eigenvalue weighted by molar-refractivity contribution is -0.451. The van der Waals surface area contributed by atoms with Gasteiger partial charge in [0.15, 0.2) is 0 Å². The number of rotatable bonds is 5. The Kier molecular flexibility index (Phi) is 4.24. The monoisotopic (exact) mass is 195 g/mol. The second-order valence-corrected chi connectivity index (χ2v) is 3.11. The SMILES string of the molecule is CCCCC(N)C(O)(O)C(O)(O)O. The van der Waals surface area contributed by atoms with Gasteiger partial charge < -0.3 is 31.3 Å². The van der Waals surface area contributed by atoms with E-state index in [0.717, 1.165) is 6.42 Å². The molecule has 0 spiro atoms. The third-order valence-corrected chi connectivity index (χ3v) is 1.88. The van der Waals surface area contributed by atoms with Crippen LogP contribution in [0.25, 0.3) is 0 Å². The highest BCUT2D eigenvalue weighted by Gasteiger charge is 2.50. The first-order chi connectivity index (χ1) is 5.73. The average Bonchev–Trinajstić information content (AvgIpc) is 1.97. The van der Waals surface area contributed by atoms with E-state index in [1.165, 1.54) is 0 Å². The number of hydrogen-bond donors (Lipinski definition) is 6. The van der Waals surface area contributed by atoms with E-state index in [0.29, 0.717) is 6.42 Å². The van der Waals surface area contributed by atoms with E-state index in [1.54, 1.807) is 0 Å². The van der Waals surface area contributed by atoms with Crippen LogP contribution in [0.1, 0.15) is 26.2 Å². The summed E-state index contributed by atoms with van der Waals surface area (Å²) in [4.78, 5) is 0. The third-order valence-electron chi connectivity index (χ3n) is 1.88. The summed E-state index contributed by atoms with van der Waals surface area (Å²) in [7, 11) is 0. The van der Waals surface area contributed by atoms with Crippen molar-refractivity contribution in [2.75, 3.05) is 0 Å². The first kappa shape index (κ1) is 12.8. The van der Waals surface area contributed by atoms with Crippen molar-refractivity contribution in [2.45, 2.75) is 44.0 Å². The van der Waals surface area contributed by atoms with Crippen molar-refractivity contribution in [3.8, 4) is 0 Å². The van der Waals surface area contributed by atoms with E-state index in [-0.39, 0.29) is 6.42 Å². The Morgan fingerprint density at radius 3 is 1.92 bits per heavy atom. The summed E-state index contributed by atoms with van der Waals surface area (Å²) in [5.41, 5.74) is 5.24. The quantitative estimate of drug-likeness (QED) is 0.277. The van der Waals surface area contributed by atoms with Crippen LogP contribution in [0.4, 0.5) is 0 Å². The predicted octanol–water partition coefficient (Wildman–Crippen LogP) is -2.18. The Bertz CT molecular complexity index is 153. The molecule has 7 N–H and O–H groups in total. The summed E-state index contributed by atoms with van der Waals surface area (Å²) in [5, 5.41) is 43.7. The second-order valence-electron chi connectivity index (χ2n) is 3.11. The van der Waals surface area contributed by atoms with Crippen molar-refractivity contribution < 1.29 is 25.5 Å². The lowest BCUT2D eigenvalue weighted by atomic mass is 10.00. The van der Waals surface area contributed by atoms with Crippen LogP contribution in [-0.4, -0.2) is 43.3 Å². The van der Waals surface area contributed by atoms with Crippen LogP contribution in [0.3, 0.4) is 0 Å². The van der Waals surface area contributed by atoms with Crippen molar-refractivity contribution in [3.63, 3.8) is 0 Å². The molecule has 6 nitrogen and oxygen atoms in total.